The number of H-pyrrole nitrogens is 1. The van der Waals surface area contributed by atoms with Crippen LogP contribution < -0.4 is 0 Å². The number of fused-ring (bicyclic) bond motifs is 1. The summed E-state index contributed by atoms with van der Waals surface area (Å²) in [5.74, 6) is 0.321. The Hall–Kier alpha value is -3.09. The fourth-order valence-corrected chi connectivity index (χ4v) is 2.83. The lowest BCUT2D eigenvalue weighted by atomic mass is 9.97. The molecular formula is C16H14N4O3. The van der Waals surface area contributed by atoms with Crippen LogP contribution in [0.1, 0.15) is 11.6 Å². The summed E-state index contributed by atoms with van der Waals surface area (Å²) in [7, 11) is 0. The summed E-state index contributed by atoms with van der Waals surface area (Å²) in [6.07, 6.45) is -0.890. The lowest BCUT2D eigenvalue weighted by Gasteiger charge is -2.36. The number of para-hydroxylation sites is 1. The molecule has 1 fully saturated rings. The Bertz CT molecular complexity index is 899. The molecule has 116 valence electrons. The molecule has 4 rings (SSSR count). The van der Waals surface area contributed by atoms with Crippen LogP contribution in [-0.2, 0) is 0 Å². The molecule has 1 aliphatic heterocycles. The van der Waals surface area contributed by atoms with Crippen LogP contribution in [0, 0.1) is 0 Å². The Balaban J connectivity index is 1.66. The molecule has 0 spiro atoms. The summed E-state index contributed by atoms with van der Waals surface area (Å²) in [5, 5.41) is 28.0. The number of aromatic amines is 1. The number of hydrogen-bond acceptors (Lipinski definition) is 4. The number of aromatic nitrogens is 3. The van der Waals surface area contributed by atoms with Crippen molar-refractivity contribution in [2.75, 3.05) is 13.1 Å². The van der Waals surface area contributed by atoms with E-state index in [2.05, 4.69) is 15.2 Å². The third-order valence-electron chi connectivity index (χ3n) is 4.17. The van der Waals surface area contributed by atoms with Crippen LogP contribution in [0.5, 0.6) is 5.75 Å². The molecule has 1 aliphatic rings. The highest BCUT2D eigenvalue weighted by Crippen LogP contribution is 2.31. The third kappa shape index (κ3) is 2.26. The monoisotopic (exact) mass is 310 g/mol. The smallest absolute Gasteiger partial charge is 0.407 e. The van der Waals surface area contributed by atoms with Gasteiger partial charge < -0.3 is 20.1 Å². The van der Waals surface area contributed by atoms with Gasteiger partial charge in [-0.05, 0) is 24.3 Å². The van der Waals surface area contributed by atoms with Gasteiger partial charge in [-0.2, -0.15) is 0 Å². The summed E-state index contributed by atoms with van der Waals surface area (Å²) < 4.78 is 0. The Labute approximate surface area is 131 Å². The first-order chi connectivity index (χ1) is 11.1. The lowest BCUT2D eigenvalue weighted by Crippen LogP contribution is -2.47. The van der Waals surface area contributed by atoms with E-state index < -0.39 is 6.09 Å². The quantitative estimate of drug-likeness (QED) is 0.674. The predicted molar refractivity (Wildman–Crippen MR) is 83.3 cm³/mol. The molecule has 7 heteroatoms. The van der Waals surface area contributed by atoms with Crippen LogP contribution in [0.4, 0.5) is 4.79 Å². The normalized spacial score (nSPS) is 14.9. The molecule has 0 aliphatic carbocycles. The molecule has 3 aromatic rings. The Morgan fingerprint density at radius 3 is 2.74 bits per heavy atom. The van der Waals surface area contributed by atoms with E-state index in [1.807, 2.05) is 18.2 Å². The molecule has 0 atom stereocenters. The van der Waals surface area contributed by atoms with Gasteiger partial charge in [-0.25, -0.2) is 4.79 Å². The number of carbonyl (C=O) groups is 1. The van der Waals surface area contributed by atoms with Gasteiger partial charge in [0, 0.05) is 35.7 Å². The molecule has 1 amide bonds. The topological polar surface area (TPSA) is 102 Å². The number of phenols is 1. The number of rotatable bonds is 2. The number of likely N-dealkylation sites (tertiary alicyclic amines) is 1. The van der Waals surface area contributed by atoms with Crippen molar-refractivity contribution in [2.24, 2.45) is 0 Å². The van der Waals surface area contributed by atoms with Gasteiger partial charge in [0.25, 0.3) is 0 Å². The van der Waals surface area contributed by atoms with Gasteiger partial charge in [0.2, 0.25) is 0 Å². The largest absolute Gasteiger partial charge is 0.507 e. The number of carboxylic acid groups (broad SMARTS) is 1. The number of aromatic hydroxyl groups is 1. The van der Waals surface area contributed by atoms with Crippen molar-refractivity contribution in [1.82, 2.24) is 20.1 Å². The van der Waals surface area contributed by atoms with Crippen LogP contribution in [0.15, 0.2) is 36.4 Å². The van der Waals surface area contributed by atoms with Gasteiger partial charge in [-0.3, -0.25) is 0 Å². The van der Waals surface area contributed by atoms with Crippen molar-refractivity contribution in [3.63, 3.8) is 0 Å². The third-order valence-corrected chi connectivity index (χ3v) is 4.17. The molecule has 2 aromatic heterocycles. The molecule has 0 radical (unpaired) electrons. The number of hydrogen-bond donors (Lipinski definition) is 3. The first-order valence-corrected chi connectivity index (χ1v) is 7.24. The van der Waals surface area contributed by atoms with Crippen molar-refractivity contribution < 1.29 is 15.0 Å². The Kier molecular flexibility index (Phi) is 2.94. The summed E-state index contributed by atoms with van der Waals surface area (Å²) >= 11 is 0. The molecule has 0 saturated carbocycles. The van der Waals surface area contributed by atoms with E-state index in [0.29, 0.717) is 30.0 Å². The van der Waals surface area contributed by atoms with Crippen molar-refractivity contribution in [2.45, 2.75) is 5.92 Å². The average Bonchev–Trinajstić information content (AvgIpc) is 2.88. The second-order valence-electron chi connectivity index (χ2n) is 5.66. The number of benzene rings is 1. The first kappa shape index (κ1) is 13.6. The van der Waals surface area contributed by atoms with Gasteiger partial charge in [0.1, 0.15) is 5.75 Å². The standard InChI is InChI=1S/C16H14N4O3/c21-14-4-2-1-3-11(14)13-6-9-5-12(17-15(9)19-18-13)10-7-20(8-10)16(22)23/h1-6,10,21H,7-8H2,(H,17,19)(H,22,23). The Morgan fingerprint density at radius 1 is 1.22 bits per heavy atom. The van der Waals surface area contributed by atoms with E-state index in [0.717, 1.165) is 11.1 Å². The maximum atomic E-state index is 10.8. The number of nitrogens with one attached hydrogen (secondary N) is 1. The van der Waals surface area contributed by atoms with Crippen LogP contribution in [0.3, 0.4) is 0 Å². The molecule has 3 heterocycles. The summed E-state index contributed by atoms with van der Waals surface area (Å²) in [6, 6.07) is 10.8. The van der Waals surface area contributed by atoms with Crippen LogP contribution in [0.25, 0.3) is 22.3 Å². The van der Waals surface area contributed by atoms with Crippen molar-refractivity contribution >= 4 is 17.1 Å². The number of amides is 1. The van der Waals surface area contributed by atoms with Gasteiger partial charge in [0.15, 0.2) is 5.65 Å². The maximum absolute atomic E-state index is 10.8. The van der Waals surface area contributed by atoms with E-state index in [9.17, 15) is 9.90 Å². The second-order valence-corrected chi connectivity index (χ2v) is 5.66. The zero-order chi connectivity index (χ0) is 16.0. The molecule has 7 nitrogen and oxygen atoms in total. The Morgan fingerprint density at radius 2 is 2.00 bits per heavy atom. The molecular weight excluding hydrogens is 296 g/mol. The maximum Gasteiger partial charge on any atom is 0.407 e. The molecule has 0 unspecified atom stereocenters. The molecule has 1 aromatic carbocycles. The SMILES string of the molecule is O=C(O)N1CC(c2cc3cc(-c4ccccc4O)nnc3[nH]2)C1. The summed E-state index contributed by atoms with van der Waals surface area (Å²) in [4.78, 5) is 15.4. The second kappa shape index (κ2) is 4.98. The van der Waals surface area contributed by atoms with E-state index in [-0.39, 0.29) is 11.7 Å². The summed E-state index contributed by atoms with van der Waals surface area (Å²) in [6.45, 7) is 0.976. The number of nitrogens with zero attached hydrogens (tertiary/aromatic N) is 3. The fourth-order valence-electron chi connectivity index (χ4n) is 2.83. The van der Waals surface area contributed by atoms with Gasteiger partial charge in [-0.15, -0.1) is 10.2 Å². The zero-order valence-corrected chi connectivity index (χ0v) is 12.1. The van der Waals surface area contributed by atoms with Crippen molar-refractivity contribution in [3.05, 3.63) is 42.1 Å². The highest BCUT2D eigenvalue weighted by atomic mass is 16.4. The van der Waals surface area contributed by atoms with E-state index in [1.165, 1.54) is 4.90 Å². The average molecular weight is 310 g/mol. The van der Waals surface area contributed by atoms with E-state index in [1.54, 1.807) is 18.2 Å². The van der Waals surface area contributed by atoms with Crippen LogP contribution in [0.2, 0.25) is 0 Å². The fraction of sp³-hybridized carbons (Fsp3) is 0.188. The minimum absolute atomic E-state index is 0.160. The van der Waals surface area contributed by atoms with Gasteiger partial charge in [-0.1, -0.05) is 12.1 Å². The predicted octanol–water partition coefficient (Wildman–Crippen LogP) is 2.41. The molecule has 0 bridgehead atoms. The summed E-state index contributed by atoms with van der Waals surface area (Å²) in [5.41, 5.74) is 2.85. The minimum Gasteiger partial charge on any atom is -0.507 e. The van der Waals surface area contributed by atoms with E-state index in [4.69, 9.17) is 5.11 Å². The highest BCUT2D eigenvalue weighted by molar-refractivity contribution is 5.82. The van der Waals surface area contributed by atoms with Gasteiger partial charge >= 0.3 is 6.09 Å². The zero-order valence-electron chi connectivity index (χ0n) is 12.1. The molecule has 23 heavy (non-hydrogen) atoms. The lowest BCUT2D eigenvalue weighted by molar-refractivity contribution is 0.104. The van der Waals surface area contributed by atoms with Crippen LogP contribution in [-0.4, -0.2) is 49.5 Å². The molecule has 3 N–H and O–H groups in total. The first-order valence-electron chi connectivity index (χ1n) is 7.24. The van der Waals surface area contributed by atoms with Crippen molar-refractivity contribution in [1.29, 1.82) is 0 Å². The minimum atomic E-state index is -0.890. The number of phenolic OH excluding ortho intramolecular Hbond substituents is 1. The van der Waals surface area contributed by atoms with E-state index >= 15 is 0 Å². The van der Waals surface area contributed by atoms with Gasteiger partial charge in [0.05, 0.1) is 5.69 Å². The highest BCUT2D eigenvalue weighted by Gasteiger charge is 2.32. The van der Waals surface area contributed by atoms with Crippen LogP contribution >= 0.6 is 0 Å². The van der Waals surface area contributed by atoms with Crippen molar-refractivity contribution in [3.8, 4) is 17.0 Å². The molecule has 1 saturated heterocycles.